The Balaban J connectivity index is 2.33. The Bertz CT molecular complexity index is 681. The first-order valence-corrected chi connectivity index (χ1v) is 8.43. The van der Waals surface area contributed by atoms with Gasteiger partial charge in [0.05, 0.1) is 9.82 Å². The largest absolute Gasteiger partial charge is 0.374 e. The molecule has 9 heteroatoms. The molecule has 1 heterocycles. The minimum absolute atomic E-state index is 0.264. The molecule has 0 unspecified atom stereocenters. The number of primary sulfonamides is 1. The minimum atomic E-state index is -3.97. The molecule has 122 valence electrons. The first-order valence-electron chi connectivity index (χ1n) is 6.89. The number of piperidine rings is 1. The number of likely N-dealkylation sites (tertiary alicyclic amines) is 1. The third kappa shape index (κ3) is 3.73. The summed E-state index contributed by atoms with van der Waals surface area (Å²) in [7, 11) is -1.94. The molecule has 1 aromatic carbocycles. The van der Waals surface area contributed by atoms with Crippen LogP contribution in [0.5, 0.6) is 0 Å². The lowest BCUT2D eigenvalue weighted by molar-refractivity contribution is -0.384. The number of rotatable bonds is 4. The molecule has 1 fully saturated rings. The van der Waals surface area contributed by atoms with Crippen LogP contribution in [0.1, 0.15) is 19.8 Å². The highest BCUT2D eigenvalue weighted by Gasteiger charge is 2.31. The van der Waals surface area contributed by atoms with Gasteiger partial charge in [-0.2, -0.15) is 0 Å². The van der Waals surface area contributed by atoms with Crippen LogP contribution in [0.4, 0.5) is 11.4 Å². The van der Waals surface area contributed by atoms with Gasteiger partial charge in [-0.15, -0.1) is 0 Å². The zero-order valence-corrected chi connectivity index (χ0v) is 13.4. The van der Waals surface area contributed by atoms with Gasteiger partial charge < -0.3 is 10.2 Å². The fourth-order valence-corrected chi connectivity index (χ4v) is 3.04. The number of nitrogens with zero attached hydrogens (tertiary/aromatic N) is 2. The van der Waals surface area contributed by atoms with E-state index in [2.05, 4.69) is 10.2 Å². The zero-order valence-electron chi connectivity index (χ0n) is 12.6. The van der Waals surface area contributed by atoms with Crippen molar-refractivity contribution in [3.63, 3.8) is 0 Å². The lowest BCUT2D eigenvalue weighted by atomic mass is 9.89. The van der Waals surface area contributed by atoms with Crippen LogP contribution in [0, 0.1) is 10.1 Å². The van der Waals surface area contributed by atoms with Gasteiger partial charge in [0.25, 0.3) is 5.69 Å². The Morgan fingerprint density at radius 1 is 1.36 bits per heavy atom. The molecule has 0 spiro atoms. The molecule has 1 aromatic rings. The molecule has 1 saturated heterocycles. The Kier molecular flexibility index (Phi) is 4.41. The lowest BCUT2D eigenvalue weighted by Crippen LogP contribution is -2.46. The van der Waals surface area contributed by atoms with Gasteiger partial charge in [-0.25, -0.2) is 13.6 Å². The Morgan fingerprint density at radius 2 is 1.95 bits per heavy atom. The summed E-state index contributed by atoms with van der Waals surface area (Å²) in [6, 6.07) is 3.68. The maximum atomic E-state index is 11.3. The van der Waals surface area contributed by atoms with Crippen LogP contribution in [0.15, 0.2) is 23.1 Å². The van der Waals surface area contributed by atoms with Crippen molar-refractivity contribution in [2.75, 3.05) is 25.5 Å². The predicted molar refractivity (Wildman–Crippen MR) is 83.2 cm³/mol. The molecular weight excluding hydrogens is 308 g/mol. The Hall–Kier alpha value is -1.71. The van der Waals surface area contributed by atoms with Crippen molar-refractivity contribution in [1.29, 1.82) is 0 Å². The topological polar surface area (TPSA) is 119 Å². The van der Waals surface area contributed by atoms with Gasteiger partial charge in [0.15, 0.2) is 0 Å². The Morgan fingerprint density at radius 3 is 2.45 bits per heavy atom. The summed E-state index contributed by atoms with van der Waals surface area (Å²) in [5, 5.41) is 19.4. The fourth-order valence-electron chi connectivity index (χ4n) is 2.51. The number of sulfonamides is 1. The second-order valence-corrected chi connectivity index (χ2v) is 7.53. The van der Waals surface area contributed by atoms with E-state index in [0.29, 0.717) is 5.69 Å². The summed E-state index contributed by atoms with van der Waals surface area (Å²) in [4.78, 5) is 12.5. The first-order chi connectivity index (χ1) is 10.1. The van der Waals surface area contributed by atoms with E-state index in [0.717, 1.165) is 32.0 Å². The van der Waals surface area contributed by atoms with Gasteiger partial charge in [-0.3, -0.25) is 10.1 Å². The summed E-state index contributed by atoms with van der Waals surface area (Å²) < 4.78 is 22.7. The number of nitrogens with one attached hydrogen (secondary N) is 1. The smallest absolute Gasteiger partial charge is 0.293 e. The average Bonchev–Trinajstić information content (AvgIpc) is 2.41. The van der Waals surface area contributed by atoms with Crippen LogP contribution in [0.3, 0.4) is 0 Å². The predicted octanol–water partition coefficient (Wildman–Crippen LogP) is 1.14. The molecular formula is C13H20N4O4S. The van der Waals surface area contributed by atoms with Crippen LogP contribution in [0.25, 0.3) is 0 Å². The van der Waals surface area contributed by atoms with E-state index in [1.165, 1.54) is 12.1 Å². The number of hydrogen-bond acceptors (Lipinski definition) is 6. The van der Waals surface area contributed by atoms with Gasteiger partial charge in [0.1, 0.15) is 5.69 Å². The molecule has 0 bridgehead atoms. The van der Waals surface area contributed by atoms with Crippen molar-refractivity contribution in [1.82, 2.24) is 4.90 Å². The van der Waals surface area contributed by atoms with Crippen molar-refractivity contribution in [3.05, 3.63) is 28.3 Å². The van der Waals surface area contributed by atoms with Gasteiger partial charge in [0.2, 0.25) is 10.0 Å². The summed E-state index contributed by atoms with van der Waals surface area (Å²) in [5.74, 6) is 0. The van der Waals surface area contributed by atoms with Crippen molar-refractivity contribution in [2.45, 2.75) is 30.2 Å². The van der Waals surface area contributed by atoms with Crippen LogP contribution in [-0.4, -0.2) is 43.9 Å². The minimum Gasteiger partial charge on any atom is -0.374 e. The van der Waals surface area contributed by atoms with Crippen LogP contribution in [0.2, 0.25) is 0 Å². The summed E-state index contributed by atoms with van der Waals surface area (Å²) >= 11 is 0. The summed E-state index contributed by atoms with van der Waals surface area (Å²) in [6.07, 6.45) is 1.69. The highest BCUT2D eigenvalue weighted by molar-refractivity contribution is 7.89. The quantitative estimate of drug-likeness (QED) is 0.632. The molecule has 0 amide bonds. The normalized spacial score (nSPS) is 18.9. The maximum Gasteiger partial charge on any atom is 0.293 e. The SMILES string of the molecule is CN1CCC(C)(Nc2ccc(S(N)(=O)=O)cc2[N+](=O)[O-])CC1. The number of hydrogen-bond donors (Lipinski definition) is 2. The standard InChI is InChI=1S/C13H20N4O4S/c1-13(5-7-16(2)8-6-13)15-11-4-3-10(22(14,20)21)9-12(11)17(18)19/h3-4,9,15H,5-8H2,1-2H3,(H2,14,20,21). The first kappa shape index (κ1) is 16.7. The van der Waals surface area contributed by atoms with Crippen molar-refractivity contribution in [2.24, 2.45) is 5.14 Å². The van der Waals surface area contributed by atoms with E-state index in [1.807, 2.05) is 14.0 Å². The van der Waals surface area contributed by atoms with Gasteiger partial charge in [0, 0.05) is 24.7 Å². The monoisotopic (exact) mass is 328 g/mol. The number of benzene rings is 1. The molecule has 22 heavy (non-hydrogen) atoms. The van der Waals surface area contributed by atoms with Gasteiger partial charge in [-0.05, 0) is 38.9 Å². The second kappa shape index (κ2) is 5.82. The third-order valence-electron chi connectivity index (χ3n) is 4.02. The molecule has 0 atom stereocenters. The van der Waals surface area contributed by atoms with Crippen LogP contribution < -0.4 is 10.5 Å². The van der Waals surface area contributed by atoms with E-state index in [4.69, 9.17) is 5.14 Å². The van der Waals surface area contributed by atoms with Gasteiger partial charge in [-0.1, -0.05) is 0 Å². The highest BCUT2D eigenvalue weighted by atomic mass is 32.2. The van der Waals surface area contributed by atoms with Crippen molar-refractivity contribution < 1.29 is 13.3 Å². The molecule has 0 aliphatic carbocycles. The number of nitro benzene ring substituents is 1. The number of anilines is 1. The van der Waals surface area contributed by atoms with E-state index < -0.39 is 14.9 Å². The molecule has 2 rings (SSSR count). The molecule has 0 saturated carbocycles. The molecule has 0 aromatic heterocycles. The molecule has 8 nitrogen and oxygen atoms in total. The molecule has 3 N–H and O–H groups in total. The second-order valence-electron chi connectivity index (χ2n) is 5.97. The molecule has 1 aliphatic heterocycles. The average molecular weight is 328 g/mol. The molecule has 1 aliphatic rings. The van der Waals surface area contributed by atoms with E-state index in [9.17, 15) is 18.5 Å². The third-order valence-corrected chi connectivity index (χ3v) is 4.93. The highest BCUT2D eigenvalue weighted by Crippen LogP contribution is 2.33. The fraction of sp³-hybridized carbons (Fsp3) is 0.538. The number of nitro groups is 1. The van der Waals surface area contributed by atoms with E-state index in [-0.39, 0.29) is 16.1 Å². The van der Waals surface area contributed by atoms with E-state index >= 15 is 0 Å². The lowest BCUT2D eigenvalue weighted by Gasteiger charge is -2.39. The van der Waals surface area contributed by atoms with Crippen molar-refractivity contribution >= 4 is 21.4 Å². The van der Waals surface area contributed by atoms with Crippen molar-refractivity contribution in [3.8, 4) is 0 Å². The van der Waals surface area contributed by atoms with Gasteiger partial charge >= 0.3 is 0 Å². The zero-order chi connectivity index (χ0) is 16.5. The maximum absolute atomic E-state index is 11.3. The van der Waals surface area contributed by atoms with Crippen LogP contribution >= 0.6 is 0 Å². The summed E-state index contributed by atoms with van der Waals surface area (Å²) in [6.45, 7) is 3.80. The number of nitrogens with two attached hydrogens (primary N) is 1. The van der Waals surface area contributed by atoms with E-state index in [1.54, 1.807) is 0 Å². The summed E-state index contributed by atoms with van der Waals surface area (Å²) in [5.41, 5.74) is -0.239. The Labute approximate surface area is 129 Å². The molecule has 0 radical (unpaired) electrons. The van der Waals surface area contributed by atoms with Crippen LogP contribution in [-0.2, 0) is 10.0 Å².